The number of pyridine rings is 1. The molecule has 0 aliphatic heterocycles. The lowest BCUT2D eigenvalue weighted by Crippen LogP contribution is -1.88. The van der Waals surface area contributed by atoms with Crippen LogP contribution in [0.3, 0.4) is 0 Å². The fraction of sp³-hybridized carbons (Fsp3) is 0. The van der Waals surface area contributed by atoms with Gasteiger partial charge in [0.15, 0.2) is 0 Å². The van der Waals surface area contributed by atoms with Gasteiger partial charge in [0.25, 0.3) is 0 Å². The number of benzene rings is 3. The Labute approximate surface area is 133 Å². The predicted octanol–water partition coefficient (Wildman–Crippen LogP) is 5.54. The summed E-state index contributed by atoms with van der Waals surface area (Å²) in [5, 5.41) is 3.70. The van der Waals surface area contributed by atoms with E-state index < -0.39 is 0 Å². The van der Waals surface area contributed by atoms with E-state index in [0.29, 0.717) is 0 Å². The number of hydrogen-bond acceptors (Lipinski definition) is 1. The zero-order chi connectivity index (χ0) is 15.2. The number of aromatic nitrogens is 2. The van der Waals surface area contributed by atoms with Crippen LogP contribution in [0.5, 0.6) is 0 Å². The van der Waals surface area contributed by atoms with Crippen molar-refractivity contribution < 1.29 is 0 Å². The number of hydrogen-bond donors (Lipinski definition) is 1. The number of H-pyrrole nitrogens is 1. The van der Waals surface area contributed by atoms with Gasteiger partial charge < -0.3 is 4.98 Å². The Hall–Kier alpha value is -3.13. The normalized spacial score (nSPS) is 11.5. The summed E-state index contributed by atoms with van der Waals surface area (Å²) < 4.78 is 0. The van der Waals surface area contributed by atoms with E-state index in [0.717, 1.165) is 27.8 Å². The molecule has 0 radical (unpaired) electrons. The van der Waals surface area contributed by atoms with Crippen molar-refractivity contribution in [2.75, 3.05) is 0 Å². The third kappa shape index (κ3) is 1.78. The summed E-state index contributed by atoms with van der Waals surface area (Å²) in [5.74, 6) is 0. The molecular formula is C21H14N2. The largest absolute Gasteiger partial charge is 0.353 e. The van der Waals surface area contributed by atoms with Gasteiger partial charge in [-0.1, -0.05) is 66.7 Å². The van der Waals surface area contributed by atoms with Crippen molar-refractivity contribution in [3.8, 4) is 11.3 Å². The van der Waals surface area contributed by atoms with Crippen LogP contribution in [0, 0.1) is 0 Å². The molecule has 0 unspecified atom stereocenters. The zero-order valence-electron chi connectivity index (χ0n) is 12.5. The van der Waals surface area contributed by atoms with Crippen LogP contribution in [0.1, 0.15) is 0 Å². The van der Waals surface area contributed by atoms with Gasteiger partial charge in [0.1, 0.15) is 0 Å². The lowest BCUT2D eigenvalue weighted by Gasteiger charge is -2.06. The Morgan fingerprint density at radius 1 is 0.652 bits per heavy atom. The molecular weight excluding hydrogens is 280 g/mol. The first kappa shape index (κ1) is 12.4. The van der Waals surface area contributed by atoms with E-state index in [4.69, 9.17) is 4.98 Å². The van der Waals surface area contributed by atoms with Gasteiger partial charge in [-0.25, -0.2) is 4.98 Å². The molecule has 1 N–H and O–H groups in total. The molecule has 23 heavy (non-hydrogen) atoms. The molecule has 0 fully saturated rings. The first-order valence-corrected chi connectivity index (χ1v) is 7.76. The van der Waals surface area contributed by atoms with Crippen LogP contribution in [-0.2, 0) is 0 Å². The van der Waals surface area contributed by atoms with Crippen molar-refractivity contribution in [1.82, 2.24) is 9.97 Å². The summed E-state index contributed by atoms with van der Waals surface area (Å²) in [6.07, 6.45) is 0. The summed E-state index contributed by atoms with van der Waals surface area (Å²) in [5.41, 5.74) is 5.43. The van der Waals surface area contributed by atoms with E-state index in [1.165, 1.54) is 16.2 Å². The number of aromatic amines is 1. The lowest BCUT2D eigenvalue weighted by molar-refractivity contribution is 1.40. The summed E-state index contributed by atoms with van der Waals surface area (Å²) in [6.45, 7) is 0. The van der Waals surface area contributed by atoms with Crippen LogP contribution in [0.2, 0.25) is 0 Å². The molecule has 0 bridgehead atoms. The van der Waals surface area contributed by atoms with Crippen molar-refractivity contribution in [3.63, 3.8) is 0 Å². The van der Waals surface area contributed by atoms with Crippen molar-refractivity contribution in [3.05, 3.63) is 78.9 Å². The number of rotatable bonds is 1. The molecule has 2 aromatic heterocycles. The molecule has 0 spiro atoms. The molecule has 5 aromatic rings. The quantitative estimate of drug-likeness (QED) is 0.432. The second kappa shape index (κ2) is 4.68. The molecule has 0 atom stereocenters. The highest BCUT2D eigenvalue weighted by Gasteiger charge is 2.14. The van der Waals surface area contributed by atoms with Gasteiger partial charge in [0.2, 0.25) is 0 Å². The summed E-state index contributed by atoms with van der Waals surface area (Å²) in [4.78, 5) is 8.51. The number of nitrogens with one attached hydrogen (secondary N) is 1. The fourth-order valence-electron chi connectivity index (χ4n) is 3.36. The minimum absolute atomic E-state index is 1.01. The third-order valence-electron chi connectivity index (χ3n) is 4.40. The summed E-state index contributed by atoms with van der Waals surface area (Å²) in [6, 6.07) is 27.2. The Balaban J connectivity index is 2.05. The van der Waals surface area contributed by atoms with Crippen LogP contribution >= 0.6 is 0 Å². The van der Waals surface area contributed by atoms with E-state index >= 15 is 0 Å². The van der Waals surface area contributed by atoms with Crippen LogP contribution < -0.4 is 0 Å². The van der Waals surface area contributed by atoms with E-state index in [-0.39, 0.29) is 0 Å². The SMILES string of the molecule is c1ccc(-c2nc3ccccc3c3c2[nH]c2ccccc23)cc1. The second-order valence-electron chi connectivity index (χ2n) is 5.76. The highest BCUT2D eigenvalue weighted by atomic mass is 14.8. The Morgan fingerprint density at radius 2 is 1.35 bits per heavy atom. The van der Waals surface area contributed by atoms with Gasteiger partial charge in [-0.2, -0.15) is 0 Å². The molecule has 2 heterocycles. The van der Waals surface area contributed by atoms with Gasteiger partial charge in [0, 0.05) is 27.2 Å². The minimum atomic E-state index is 1.01. The maximum atomic E-state index is 4.94. The van der Waals surface area contributed by atoms with Crippen LogP contribution in [0.15, 0.2) is 78.9 Å². The Kier molecular flexibility index (Phi) is 2.53. The first-order chi connectivity index (χ1) is 11.4. The van der Waals surface area contributed by atoms with Crippen molar-refractivity contribution in [2.45, 2.75) is 0 Å². The second-order valence-corrected chi connectivity index (χ2v) is 5.76. The molecule has 2 nitrogen and oxygen atoms in total. The smallest absolute Gasteiger partial charge is 0.0950 e. The highest BCUT2D eigenvalue weighted by molar-refractivity contribution is 6.22. The molecule has 0 amide bonds. The number of fused-ring (bicyclic) bond motifs is 5. The van der Waals surface area contributed by atoms with E-state index in [2.05, 4.69) is 71.7 Å². The zero-order valence-corrected chi connectivity index (χ0v) is 12.5. The van der Waals surface area contributed by atoms with Crippen LogP contribution in [0.4, 0.5) is 0 Å². The molecule has 2 heteroatoms. The number of nitrogens with zero attached hydrogens (tertiary/aromatic N) is 1. The van der Waals surface area contributed by atoms with Crippen molar-refractivity contribution in [1.29, 1.82) is 0 Å². The van der Waals surface area contributed by atoms with Gasteiger partial charge in [0.05, 0.1) is 16.7 Å². The number of para-hydroxylation sites is 2. The summed E-state index contributed by atoms with van der Waals surface area (Å²) in [7, 11) is 0. The maximum absolute atomic E-state index is 4.94. The average molecular weight is 294 g/mol. The topological polar surface area (TPSA) is 28.7 Å². The van der Waals surface area contributed by atoms with Crippen molar-refractivity contribution >= 4 is 32.7 Å². The maximum Gasteiger partial charge on any atom is 0.0950 e. The average Bonchev–Trinajstić information content (AvgIpc) is 3.01. The summed E-state index contributed by atoms with van der Waals surface area (Å²) >= 11 is 0. The van der Waals surface area contributed by atoms with Gasteiger partial charge in [-0.15, -0.1) is 0 Å². The highest BCUT2D eigenvalue weighted by Crippen LogP contribution is 2.36. The van der Waals surface area contributed by atoms with E-state index in [9.17, 15) is 0 Å². The third-order valence-corrected chi connectivity index (χ3v) is 4.40. The van der Waals surface area contributed by atoms with Gasteiger partial charge >= 0.3 is 0 Å². The molecule has 0 aliphatic carbocycles. The first-order valence-electron chi connectivity index (χ1n) is 7.76. The molecule has 0 saturated heterocycles. The standard InChI is InChI=1S/C21H14N2/c1-2-8-14(9-3-1)20-21-19(15-10-4-6-12-17(15)22-20)16-11-5-7-13-18(16)23-21/h1-13,23H. The molecule has 3 aromatic carbocycles. The molecule has 5 rings (SSSR count). The monoisotopic (exact) mass is 294 g/mol. The van der Waals surface area contributed by atoms with Gasteiger partial charge in [-0.3, -0.25) is 0 Å². The van der Waals surface area contributed by atoms with Crippen LogP contribution in [-0.4, -0.2) is 9.97 Å². The lowest BCUT2D eigenvalue weighted by atomic mass is 10.0. The van der Waals surface area contributed by atoms with Crippen molar-refractivity contribution in [2.24, 2.45) is 0 Å². The molecule has 108 valence electrons. The minimum Gasteiger partial charge on any atom is -0.353 e. The fourth-order valence-corrected chi connectivity index (χ4v) is 3.36. The van der Waals surface area contributed by atoms with E-state index in [1.54, 1.807) is 0 Å². The Morgan fingerprint density at radius 3 is 2.22 bits per heavy atom. The predicted molar refractivity (Wildman–Crippen MR) is 96.5 cm³/mol. The van der Waals surface area contributed by atoms with Gasteiger partial charge in [-0.05, 0) is 12.1 Å². The molecule has 0 saturated carbocycles. The molecule has 0 aliphatic rings. The van der Waals surface area contributed by atoms with E-state index in [1.807, 2.05) is 12.1 Å². The Bertz CT molecular complexity index is 1150. The van der Waals surface area contributed by atoms with Crippen LogP contribution in [0.25, 0.3) is 44.0 Å².